The van der Waals surface area contributed by atoms with Crippen LogP contribution in [0.15, 0.2) is 46.1 Å². The Morgan fingerprint density at radius 2 is 1.84 bits per heavy atom. The van der Waals surface area contributed by atoms with Gasteiger partial charge in [0, 0.05) is 29.3 Å². The van der Waals surface area contributed by atoms with E-state index in [2.05, 4.69) is 4.98 Å². The number of carbonyl (C=O) groups is 1. The van der Waals surface area contributed by atoms with E-state index in [9.17, 15) is 13.2 Å². The summed E-state index contributed by atoms with van der Waals surface area (Å²) in [6.07, 6.45) is 2.53. The minimum absolute atomic E-state index is 0.0431. The van der Waals surface area contributed by atoms with Crippen LogP contribution in [0.5, 0.6) is 11.5 Å². The van der Waals surface area contributed by atoms with Gasteiger partial charge in [-0.3, -0.25) is 4.31 Å². The maximum absolute atomic E-state index is 13.7. The molecule has 3 rings (SSSR count). The zero-order valence-corrected chi connectivity index (χ0v) is 23.4. The third kappa shape index (κ3) is 6.90. The summed E-state index contributed by atoms with van der Waals surface area (Å²) in [4.78, 5) is 15.1. The molecule has 0 radical (unpaired) electrons. The number of rotatable bonds is 11. The first kappa shape index (κ1) is 28.2. The highest BCUT2D eigenvalue weighted by molar-refractivity contribution is 7.94. The molecule has 0 aliphatic heterocycles. The Labute approximate surface area is 222 Å². The Morgan fingerprint density at radius 3 is 2.43 bits per heavy atom. The predicted octanol–water partition coefficient (Wildman–Crippen LogP) is 5.61. The molecule has 0 aliphatic rings. The Kier molecular flexibility index (Phi) is 8.98. The summed E-state index contributed by atoms with van der Waals surface area (Å²) in [5.74, 6) is -0.0282. The van der Waals surface area contributed by atoms with Crippen LogP contribution in [0.25, 0.3) is 6.08 Å². The van der Waals surface area contributed by atoms with E-state index < -0.39 is 16.0 Å². The molecule has 8 nitrogen and oxygen atoms in total. The number of aromatic nitrogens is 1. The molecule has 0 spiro atoms. The van der Waals surface area contributed by atoms with Crippen LogP contribution in [0, 0.1) is 26.7 Å². The Balaban J connectivity index is 2.02. The third-order valence-electron chi connectivity index (χ3n) is 5.60. The summed E-state index contributed by atoms with van der Waals surface area (Å²) in [6, 6.07) is 8.96. The highest BCUT2D eigenvalue weighted by Gasteiger charge is 2.31. The van der Waals surface area contributed by atoms with Gasteiger partial charge in [-0.2, -0.15) is 8.42 Å². The summed E-state index contributed by atoms with van der Waals surface area (Å²) >= 11 is 1.10. The normalized spacial score (nSPS) is 11.8. The van der Waals surface area contributed by atoms with Gasteiger partial charge in [-0.15, -0.1) is 11.3 Å². The molecule has 0 saturated carbocycles. The second-order valence-corrected chi connectivity index (χ2v) is 12.0. The van der Waals surface area contributed by atoms with E-state index in [0.29, 0.717) is 28.4 Å². The Hall–Kier alpha value is -3.37. The molecule has 198 valence electrons. The summed E-state index contributed by atoms with van der Waals surface area (Å²) in [5, 5.41) is 10.6. The molecule has 0 fully saturated rings. The van der Waals surface area contributed by atoms with E-state index in [0.717, 1.165) is 34.1 Å². The van der Waals surface area contributed by atoms with Gasteiger partial charge < -0.3 is 14.6 Å². The third-order valence-corrected chi connectivity index (χ3v) is 8.73. The highest BCUT2D eigenvalue weighted by atomic mass is 32.2. The van der Waals surface area contributed by atoms with Gasteiger partial charge in [0.15, 0.2) is 0 Å². The van der Waals surface area contributed by atoms with Gasteiger partial charge in [0.05, 0.1) is 12.8 Å². The van der Waals surface area contributed by atoms with Crippen molar-refractivity contribution in [1.82, 2.24) is 4.98 Å². The lowest BCUT2D eigenvalue weighted by atomic mass is 10.1. The van der Waals surface area contributed by atoms with Gasteiger partial charge in [0.1, 0.15) is 18.1 Å². The van der Waals surface area contributed by atoms with E-state index >= 15 is 0 Å². The molecule has 10 heteroatoms. The van der Waals surface area contributed by atoms with Crippen LogP contribution in [0.3, 0.4) is 0 Å². The number of ether oxygens (including phenoxy) is 2. The lowest BCUT2D eigenvalue weighted by molar-refractivity contribution is -0.131. The van der Waals surface area contributed by atoms with Crippen molar-refractivity contribution in [3.63, 3.8) is 0 Å². The van der Waals surface area contributed by atoms with Crippen molar-refractivity contribution in [3.05, 3.63) is 69.7 Å². The standard InChI is InChI=1S/C27H32N2O6S2/c1-17(2)14-29(37(32,33)27-28-20(5)16-36-27)23-11-18(3)19(4)12-25(23)35-15-22-9-7-21(8-10-26(30)31)13-24(22)34-6/h7-13,16-17H,14-15H2,1-6H3,(H,30,31)/b10-8+. The van der Waals surface area contributed by atoms with Crippen molar-refractivity contribution >= 4 is 39.1 Å². The number of thiazole rings is 1. The van der Waals surface area contributed by atoms with Crippen LogP contribution >= 0.6 is 11.3 Å². The van der Waals surface area contributed by atoms with Crippen LogP contribution in [0.2, 0.25) is 0 Å². The molecule has 1 N–H and O–H groups in total. The van der Waals surface area contributed by atoms with Crippen molar-refractivity contribution in [2.24, 2.45) is 5.92 Å². The first-order valence-corrected chi connectivity index (χ1v) is 14.0. The lowest BCUT2D eigenvalue weighted by Gasteiger charge is -2.28. The number of carboxylic acids is 1. The number of hydrogen-bond donors (Lipinski definition) is 1. The molecular weight excluding hydrogens is 512 g/mol. The summed E-state index contributed by atoms with van der Waals surface area (Å²) in [6.45, 7) is 9.94. The van der Waals surface area contributed by atoms with Crippen LogP contribution < -0.4 is 13.8 Å². The van der Waals surface area contributed by atoms with Gasteiger partial charge in [0.25, 0.3) is 10.0 Å². The number of nitrogens with zero attached hydrogens (tertiary/aromatic N) is 2. The largest absolute Gasteiger partial charge is 0.496 e. The molecule has 0 amide bonds. The van der Waals surface area contributed by atoms with Crippen LogP contribution in [-0.4, -0.2) is 38.1 Å². The molecule has 3 aromatic rings. The quantitative estimate of drug-likeness (QED) is 0.313. The van der Waals surface area contributed by atoms with Crippen molar-refractivity contribution in [2.45, 2.75) is 45.6 Å². The number of aliphatic carboxylic acids is 1. The fourth-order valence-electron chi connectivity index (χ4n) is 3.59. The average molecular weight is 545 g/mol. The Bertz CT molecular complexity index is 1410. The number of aryl methyl sites for hydroxylation is 3. The number of carboxylic acid groups (broad SMARTS) is 1. The molecule has 0 bridgehead atoms. The monoisotopic (exact) mass is 544 g/mol. The summed E-state index contributed by atoms with van der Waals surface area (Å²) in [7, 11) is -2.39. The van der Waals surface area contributed by atoms with Crippen LogP contribution in [0.4, 0.5) is 5.69 Å². The smallest absolute Gasteiger partial charge is 0.328 e. The van der Waals surface area contributed by atoms with Crippen molar-refractivity contribution in [2.75, 3.05) is 18.0 Å². The van der Waals surface area contributed by atoms with Gasteiger partial charge in [-0.1, -0.05) is 26.0 Å². The lowest BCUT2D eigenvalue weighted by Crippen LogP contribution is -2.34. The number of benzene rings is 2. The van der Waals surface area contributed by atoms with E-state index in [-0.39, 0.29) is 23.4 Å². The first-order chi connectivity index (χ1) is 17.4. The van der Waals surface area contributed by atoms with Gasteiger partial charge in [-0.05, 0) is 67.7 Å². The summed E-state index contributed by atoms with van der Waals surface area (Å²) < 4.78 is 40.5. The fourth-order valence-corrected chi connectivity index (χ4v) is 6.36. The van der Waals surface area contributed by atoms with Crippen molar-refractivity contribution < 1.29 is 27.8 Å². The fraction of sp³-hybridized carbons (Fsp3) is 0.333. The van der Waals surface area contributed by atoms with E-state index in [1.54, 1.807) is 30.5 Å². The van der Waals surface area contributed by atoms with Gasteiger partial charge in [-0.25, -0.2) is 9.78 Å². The zero-order valence-electron chi connectivity index (χ0n) is 21.8. The predicted molar refractivity (Wildman–Crippen MR) is 146 cm³/mol. The van der Waals surface area contributed by atoms with Crippen molar-refractivity contribution in [3.8, 4) is 11.5 Å². The first-order valence-electron chi connectivity index (χ1n) is 11.7. The Morgan fingerprint density at radius 1 is 1.14 bits per heavy atom. The van der Waals surface area contributed by atoms with Crippen LogP contribution in [0.1, 0.15) is 41.8 Å². The van der Waals surface area contributed by atoms with Gasteiger partial charge in [0.2, 0.25) is 4.34 Å². The number of methoxy groups -OCH3 is 1. The maximum Gasteiger partial charge on any atom is 0.328 e. The van der Waals surface area contributed by atoms with E-state index in [4.69, 9.17) is 14.6 Å². The molecule has 0 unspecified atom stereocenters. The second kappa shape index (κ2) is 11.8. The SMILES string of the molecule is COc1cc(/C=C/C(=O)O)ccc1COc1cc(C)c(C)cc1N(CC(C)C)S(=O)(=O)c1nc(C)cs1. The maximum atomic E-state index is 13.7. The molecule has 2 aromatic carbocycles. The molecule has 0 atom stereocenters. The molecule has 1 aromatic heterocycles. The van der Waals surface area contributed by atoms with Gasteiger partial charge >= 0.3 is 5.97 Å². The number of anilines is 1. The molecule has 37 heavy (non-hydrogen) atoms. The molecule has 0 aliphatic carbocycles. The summed E-state index contributed by atoms with van der Waals surface area (Å²) in [5.41, 5.74) is 4.40. The molecule has 1 heterocycles. The van der Waals surface area contributed by atoms with Crippen molar-refractivity contribution in [1.29, 1.82) is 0 Å². The van der Waals surface area contributed by atoms with E-state index in [1.807, 2.05) is 39.8 Å². The number of hydrogen-bond acceptors (Lipinski definition) is 7. The highest BCUT2D eigenvalue weighted by Crippen LogP contribution is 2.37. The minimum Gasteiger partial charge on any atom is -0.496 e. The molecular formula is C27H32N2O6S2. The minimum atomic E-state index is -3.91. The second-order valence-electron chi connectivity index (χ2n) is 9.12. The number of sulfonamides is 1. The van der Waals surface area contributed by atoms with Crippen LogP contribution in [-0.2, 0) is 21.4 Å². The zero-order chi connectivity index (χ0) is 27.3. The van der Waals surface area contributed by atoms with E-state index in [1.165, 1.54) is 17.5 Å². The topological polar surface area (TPSA) is 106 Å². The molecule has 0 saturated heterocycles. The average Bonchev–Trinajstić information content (AvgIpc) is 3.29.